The van der Waals surface area contributed by atoms with Gasteiger partial charge in [-0.25, -0.2) is 9.50 Å². The predicted molar refractivity (Wildman–Crippen MR) is 119 cm³/mol. The molecule has 4 aromatic rings. The van der Waals surface area contributed by atoms with Gasteiger partial charge in [-0.15, -0.1) is 0 Å². The fourth-order valence-corrected chi connectivity index (χ4v) is 4.07. The van der Waals surface area contributed by atoms with E-state index in [4.69, 9.17) is 28.3 Å². The van der Waals surface area contributed by atoms with Crippen molar-refractivity contribution in [1.29, 1.82) is 0 Å². The van der Waals surface area contributed by atoms with E-state index in [0.29, 0.717) is 0 Å². The first-order valence-electron chi connectivity index (χ1n) is 9.53. The number of piperazine rings is 1. The second-order valence-corrected chi connectivity index (χ2v) is 7.94. The summed E-state index contributed by atoms with van der Waals surface area (Å²) in [4.78, 5) is 9.35. The summed E-state index contributed by atoms with van der Waals surface area (Å²) in [5.74, 6) is 0.964. The van der Waals surface area contributed by atoms with Crippen LogP contribution in [0.25, 0.3) is 16.8 Å². The molecule has 0 unspecified atom stereocenters. The fraction of sp³-hybridized carbons (Fsp3) is 0.182. The van der Waals surface area contributed by atoms with Gasteiger partial charge in [-0.05, 0) is 36.4 Å². The van der Waals surface area contributed by atoms with Crippen LogP contribution in [0.15, 0.2) is 67.0 Å². The van der Waals surface area contributed by atoms with Crippen LogP contribution in [0.2, 0.25) is 10.0 Å². The summed E-state index contributed by atoms with van der Waals surface area (Å²) < 4.78 is 1.90. The summed E-state index contributed by atoms with van der Waals surface area (Å²) in [6.07, 6.45) is 3.70. The van der Waals surface area contributed by atoms with Crippen molar-refractivity contribution in [2.24, 2.45) is 0 Å². The molecule has 0 atom stereocenters. The molecule has 0 radical (unpaired) electrons. The highest BCUT2D eigenvalue weighted by atomic mass is 35.5. The highest BCUT2D eigenvalue weighted by Crippen LogP contribution is 2.28. The number of rotatable bonds is 3. The van der Waals surface area contributed by atoms with Crippen molar-refractivity contribution < 1.29 is 0 Å². The Kier molecular flexibility index (Phi) is 4.78. The Morgan fingerprint density at radius 3 is 2.31 bits per heavy atom. The predicted octanol–water partition coefficient (Wildman–Crippen LogP) is 5.03. The quantitative estimate of drug-likeness (QED) is 0.462. The molecule has 3 heterocycles. The number of halogens is 2. The topological polar surface area (TPSA) is 36.7 Å². The number of aromatic nitrogens is 3. The molecule has 0 bridgehead atoms. The summed E-state index contributed by atoms with van der Waals surface area (Å²) >= 11 is 12.2. The van der Waals surface area contributed by atoms with E-state index in [2.05, 4.69) is 26.9 Å². The van der Waals surface area contributed by atoms with Gasteiger partial charge in [-0.1, -0.05) is 41.4 Å². The number of hydrogen-bond donors (Lipinski definition) is 0. The van der Waals surface area contributed by atoms with Gasteiger partial charge in [0.15, 0.2) is 5.82 Å². The van der Waals surface area contributed by atoms with Crippen LogP contribution >= 0.6 is 23.2 Å². The van der Waals surface area contributed by atoms with Gasteiger partial charge in [0.05, 0.1) is 5.69 Å². The minimum atomic E-state index is 0.720. The molecular formula is C22H19Cl2N5. The summed E-state index contributed by atoms with van der Waals surface area (Å²) in [6, 6.07) is 17.9. The van der Waals surface area contributed by atoms with E-state index < -0.39 is 0 Å². The average molecular weight is 424 g/mol. The molecule has 0 N–H and O–H groups in total. The molecule has 146 valence electrons. The molecule has 5 rings (SSSR count). The average Bonchev–Trinajstić information content (AvgIpc) is 3.19. The van der Waals surface area contributed by atoms with E-state index in [0.717, 1.165) is 64.5 Å². The molecule has 7 heteroatoms. The molecule has 0 amide bonds. The Bertz CT molecular complexity index is 1150. The van der Waals surface area contributed by atoms with Gasteiger partial charge in [0.1, 0.15) is 5.52 Å². The molecule has 0 saturated carbocycles. The van der Waals surface area contributed by atoms with Crippen molar-refractivity contribution in [3.63, 3.8) is 0 Å². The SMILES string of the molecule is Clc1ccc(-c2cc3c(N4CCN(c5cccc(Cl)c5)CC4)nccn3n2)cc1. The number of nitrogens with zero attached hydrogens (tertiary/aromatic N) is 5. The van der Waals surface area contributed by atoms with E-state index >= 15 is 0 Å². The number of benzene rings is 2. The second kappa shape index (κ2) is 7.58. The minimum Gasteiger partial charge on any atom is -0.368 e. The monoisotopic (exact) mass is 423 g/mol. The van der Waals surface area contributed by atoms with Crippen LogP contribution in [0.5, 0.6) is 0 Å². The van der Waals surface area contributed by atoms with Crippen LogP contribution in [-0.2, 0) is 0 Å². The summed E-state index contributed by atoms with van der Waals surface area (Å²) in [5.41, 5.74) is 4.12. The molecule has 1 aliphatic rings. The number of anilines is 2. The fourth-order valence-electron chi connectivity index (χ4n) is 3.76. The summed E-state index contributed by atoms with van der Waals surface area (Å²) in [7, 11) is 0. The van der Waals surface area contributed by atoms with Crippen LogP contribution in [0.3, 0.4) is 0 Å². The lowest BCUT2D eigenvalue weighted by molar-refractivity contribution is 0.647. The van der Waals surface area contributed by atoms with E-state index in [-0.39, 0.29) is 0 Å². The van der Waals surface area contributed by atoms with Crippen molar-refractivity contribution in [1.82, 2.24) is 14.6 Å². The Morgan fingerprint density at radius 2 is 1.55 bits per heavy atom. The zero-order chi connectivity index (χ0) is 19.8. The van der Waals surface area contributed by atoms with Gasteiger partial charge in [-0.2, -0.15) is 5.10 Å². The Labute approximate surface area is 179 Å². The van der Waals surface area contributed by atoms with E-state index in [1.54, 1.807) is 0 Å². The summed E-state index contributed by atoms with van der Waals surface area (Å²) in [5, 5.41) is 6.21. The van der Waals surface area contributed by atoms with E-state index in [9.17, 15) is 0 Å². The third-order valence-corrected chi connectivity index (χ3v) is 5.75. The Hall–Kier alpha value is -2.76. The van der Waals surface area contributed by atoms with Crippen LogP contribution < -0.4 is 9.80 Å². The molecule has 1 fully saturated rings. The number of fused-ring (bicyclic) bond motifs is 1. The van der Waals surface area contributed by atoms with Crippen LogP contribution in [-0.4, -0.2) is 40.8 Å². The van der Waals surface area contributed by atoms with Gasteiger partial charge < -0.3 is 9.80 Å². The highest BCUT2D eigenvalue weighted by Gasteiger charge is 2.21. The first-order chi connectivity index (χ1) is 14.2. The maximum Gasteiger partial charge on any atom is 0.154 e. The Balaban J connectivity index is 1.40. The minimum absolute atomic E-state index is 0.720. The van der Waals surface area contributed by atoms with Gasteiger partial charge in [0.2, 0.25) is 0 Å². The first-order valence-corrected chi connectivity index (χ1v) is 10.3. The maximum atomic E-state index is 6.15. The molecule has 1 aliphatic heterocycles. The van der Waals surface area contributed by atoms with Crippen LogP contribution in [0.4, 0.5) is 11.5 Å². The van der Waals surface area contributed by atoms with E-state index in [1.807, 2.05) is 59.4 Å². The largest absolute Gasteiger partial charge is 0.368 e. The zero-order valence-corrected chi connectivity index (χ0v) is 17.2. The smallest absolute Gasteiger partial charge is 0.154 e. The van der Waals surface area contributed by atoms with Gasteiger partial charge in [-0.3, -0.25) is 0 Å². The lowest BCUT2D eigenvalue weighted by Gasteiger charge is -2.36. The van der Waals surface area contributed by atoms with Crippen LogP contribution in [0.1, 0.15) is 0 Å². The van der Waals surface area contributed by atoms with Gasteiger partial charge >= 0.3 is 0 Å². The first kappa shape index (κ1) is 18.3. The molecule has 2 aromatic carbocycles. The van der Waals surface area contributed by atoms with Crippen molar-refractivity contribution in [2.45, 2.75) is 0 Å². The lowest BCUT2D eigenvalue weighted by atomic mass is 10.1. The molecular weight excluding hydrogens is 405 g/mol. The molecule has 0 spiro atoms. The van der Waals surface area contributed by atoms with E-state index in [1.165, 1.54) is 0 Å². The van der Waals surface area contributed by atoms with Gasteiger partial charge in [0, 0.05) is 59.9 Å². The lowest BCUT2D eigenvalue weighted by Crippen LogP contribution is -2.47. The Morgan fingerprint density at radius 1 is 0.793 bits per heavy atom. The third-order valence-electron chi connectivity index (χ3n) is 5.26. The molecule has 5 nitrogen and oxygen atoms in total. The summed E-state index contributed by atoms with van der Waals surface area (Å²) in [6.45, 7) is 3.61. The normalized spacial score (nSPS) is 14.6. The zero-order valence-electron chi connectivity index (χ0n) is 15.7. The second-order valence-electron chi connectivity index (χ2n) is 7.07. The maximum absolute atomic E-state index is 6.15. The number of hydrogen-bond acceptors (Lipinski definition) is 4. The van der Waals surface area contributed by atoms with Crippen molar-refractivity contribution >= 4 is 40.2 Å². The van der Waals surface area contributed by atoms with Gasteiger partial charge in [0.25, 0.3) is 0 Å². The third kappa shape index (κ3) is 3.63. The molecule has 1 saturated heterocycles. The van der Waals surface area contributed by atoms with Crippen LogP contribution in [0, 0.1) is 0 Å². The highest BCUT2D eigenvalue weighted by molar-refractivity contribution is 6.31. The molecule has 0 aliphatic carbocycles. The molecule has 29 heavy (non-hydrogen) atoms. The molecule has 2 aromatic heterocycles. The van der Waals surface area contributed by atoms with Crippen molar-refractivity contribution in [3.05, 3.63) is 77.0 Å². The van der Waals surface area contributed by atoms with Crippen molar-refractivity contribution in [3.8, 4) is 11.3 Å². The van der Waals surface area contributed by atoms with Crippen molar-refractivity contribution in [2.75, 3.05) is 36.0 Å². The standard InChI is InChI=1S/C22H19Cl2N5/c23-17-6-4-16(5-7-17)20-15-21-22(25-8-9-29(21)26-20)28-12-10-27(11-13-28)19-3-1-2-18(24)14-19/h1-9,14-15H,10-13H2.